The van der Waals surface area contributed by atoms with Crippen LogP contribution >= 0.6 is 39.0 Å². The fourth-order valence-corrected chi connectivity index (χ4v) is 4.73. The molecule has 0 aliphatic heterocycles. The third-order valence-corrected chi connectivity index (χ3v) is 6.93. The normalized spacial score (nSPS) is 10.9. The number of rotatable bonds is 9. The molecule has 3 rings (SSSR count). The maximum atomic E-state index is 12.3. The van der Waals surface area contributed by atoms with E-state index < -0.39 is 11.4 Å². The molecule has 0 atom stereocenters. The predicted octanol–water partition coefficient (Wildman–Crippen LogP) is 5.14. The Morgan fingerprint density at radius 1 is 1.25 bits per heavy atom. The number of aromatic nitrogens is 2. The molecule has 168 valence electrons. The van der Waals surface area contributed by atoms with Crippen molar-refractivity contribution in [2.24, 2.45) is 5.92 Å². The summed E-state index contributed by atoms with van der Waals surface area (Å²) >= 11 is 5.85. The number of nitrogens with zero attached hydrogens (tertiary/aromatic N) is 2. The van der Waals surface area contributed by atoms with Crippen molar-refractivity contribution in [1.82, 2.24) is 10.2 Å². The van der Waals surface area contributed by atoms with Crippen molar-refractivity contribution < 1.29 is 18.7 Å². The molecule has 11 heteroatoms. The van der Waals surface area contributed by atoms with Crippen molar-refractivity contribution in [3.8, 4) is 5.75 Å². The Kier molecular flexibility index (Phi) is 8.60. The highest BCUT2D eigenvalue weighted by Crippen LogP contribution is 2.29. The SMILES string of the molecule is CCC(CC)C(=O)Nc1nnc(SCc2cc(=O)c(OC(=O)c3cccc(Br)c3)co2)s1. The van der Waals surface area contributed by atoms with Gasteiger partial charge in [0.15, 0.2) is 4.34 Å². The second-order valence-electron chi connectivity index (χ2n) is 6.64. The van der Waals surface area contributed by atoms with E-state index in [2.05, 4.69) is 31.4 Å². The quantitative estimate of drug-likeness (QED) is 0.227. The van der Waals surface area contributed by atoms with Gasteiger partial charge in [-0.15, -0.1) is 10.2 Å². The zero-order valence-electron chi connectivity index (χ0n) is 17.3. The topological polar surface area (TPSA) is 111 Å². The number of thioether (sulfide) groups is 1. The Labute approximate surface area is 200 Å². The van der Waals surface area contributed by atoms with Crippen LogP contribution in [0.15, 0.2) is 54.6 Å². The lowest BCUT2D eigenvalue weighted by atomic mass is 10.0. The van der Waals surface area contributed by atoms with E-state index in [0.29, 0.717) is 26.5 Å². The molecule has 1 amide bonds. The molecule has 0 fully saturated rings. The van der Waals surface area contributed by atoms with E-state index in [1.807, 2.05) is 13.8 Å². The van der Waals surface area contributed by atoms with Crippen LogP contribution in [0.3, 0.4) is 0 Å². The van der Waals surface area contributed by atoms with Crippen molar-refractivity contribution >= 4 is 56.0 Å². The molecule has 2 aromatic heterocycles. The molecule has 0 radical (unpaired) electrons. The first-order valence-electron chi connectivity index (χ1n) is 9.76. The summed E-state index contributed by atoms with van der Waals surface area (Å²) in [5, 5.41) is 11.2. The smallest absolute Gasteiger partial charge is 0.343 e. The minimum atomic E-state index is -0.655. The summed E-state index contributed by atoms with van der Waals surface area (Å²) < 4.78 is 11.9. The van der Waals surface area contributed by atoms with Crippen molar-refractivity contribution in [2.75, 3.05) is 5.32 Å². The number of nitrogens with one attached hydrogen (secondary N) is 1. The molecule has 2 heterocycles. The molecule has 0 bridgehead atoms. The van der Waals surface area contributed by atoms with Gasteiger partial charge in [-0.25, -0.2) is 4.79 Å². The Morgan fingerprint density at radius 3 is 2.72 bits per heavy atom. The lowest BCUT2D eigenvalue weighted by molar-refractivity contribution is -0.120. The average molecular weight is 538 g/mol. The van der Waals surface area contributed by atoms with Crippen LogP contribution in [0.1, 0.15) is 42.8 Å². The van der Waals surface area contributed by atoms with Gasteiger partial charge in [0, 0.05) is 16.5 Å². The molecule has 0 aliphatic carbocycles. The molecule has 0 spiro atoms. The van der Waals surface area contributed by atoms with Crippen LogP contribution in [0.4, 0.5) is 5.13 Å². The summed E-state index contributed by atoms with van der Waals surface area (Å²) in [6.45, 7) is 3.94. The summed E-state index contributed by atoms with van der Waals surface area (Å²) in [6, 6.07) is 7.92. The first-order valence-corrected chi connectivity index (χ1v) is 12.4. The highest BCUT2D eigenvalue weighted by molar-refractivity contribution is 9.10. The largest absolute Gasteiger partial charge is 0.464 e. The van der Waals surface area contributed by atoms with Crippen LogP contribution in [0.5, 0.6) is 5.75 Å². The van der Waals surface area contributed by atoms with E-state index in [1.54, 1.807) is 24.3 Å². The number of carbonyl (C=O) groups excluding carboxylic acids is 2. The standard InChI is InChI=1S/C21H20BrN3O5S2/c1-3-12(4-2)18(27)23-20-24-25-21(32-20)31-11-15-9-16(26)17(10-29-15)30-19(28)13-6-5-7-14(22)8-13/h5-10,12H,3-4,11H2,1-2H3,(H,23,24,27). The number of hydrogen-bond acceptors (Lipinski definition) is 9. The Balaban J connectivity index is 1.57. The Morgan fingerprint density at radius 2 is 2.03 bits per heavy atom. The summed E-state index contributed by atoms with van der Waals surface area (Å²) in [6.07, 6.45) is 2.64. The van der Waals surface area contributed by atoms with E-state index in [0.717, 1.165) is 23.6 Å². The first kappa shape index (κ1) is 24.1. The molecular formula is C21H20BrN3O5S2. The Hall–Kier alpha value is -2.50. The van der Waals surface area contributed by atoms with E-state index in [4.69, 9.17) is 9.15 Å². The van der Waals surface area contributed by atoms with Crippen LogP contribution in [-0.2, 0) is 10.5 Å². The van der Waals surface area contributed by atoms with Gasteiger partial charge < -0.3 is 14.5 Å². The monoisotopic (exact) mass is 537 g/mol. The van der Waals surface area contributed by atoms with Gasteiger partial charge in [0.1, 0.15) is 12.0 Å². The third-order valence-electron chi connectivity index (χ3n) is 4.45. The molecule has 1 N–H and O–H groups in total. The molecule has 8 nitrogen and oxygen atoms in total. The zero-order chi connectivity index (χ0) is 23.1. The number of anilines is 1. The number of esters is 1. The molecule has 3 aromatic rings. The summed E-state index contributed by atoms with van der Waals surface area (Å²) in [7, 11) is 0. The van der Waals surface area contributed by atoms with E-state index in [-0.39, 0.29) is 17.6 Å². The number of benzene rings is 1. The fourth-order valence-electron chi connectivity index (χ4n) is 2.68. The minimum absolute atomic E-state index is 0.0553. The minimum Gasteiger partial charge on any atom is -0.464 e. The first-order chi connectivity index (χ1) is 15.4. The lowest BCUT2D eigenvalue weighted by Crippen LogP contribution is -2.21. The highest BCUT2D eigenvalue weighted by Gasteiger charge is 2.17. The molecule has 0 saturated heterocycles. The van der Waals surface area contributed by atoms with E-state index in [9.17, 15) is 14.4 Å². The van der Waals surface area contributed by atoms with Gasteiger partial charge in [-0.05, 0) is 31.0 Å². The van der Waals surface area contributed by atoms with Crippen LogP contribution < -0.4 is 15.5 Å². The van der Waals surface area contributed by atoms with Crippen molar-refractivity contribution in [3.05, 3.63) is 62.6 Å². The summed E-state index contributed by atoms with van der Waals surface area (Å²) in [4.78, 5) is 36.7. The van der Waals surface area contributed by atoms with Gasteiger partial charge in [0.25, 0.3) is 0 Å². The average Bonchev–Trinajstić information content (AvgIpc) is 3.22. The predicted molar refractivity (Wildman–Crippen MR) is 126 cm³/mol. The molecule has 32 heavy (non-hydrogen) atoms. The highest BCUT2D eigenvalue weighted by atomic mass is 79.9. The lowest BCUT2D eigenvalue weighted by Gasteiger charge is -2.09. The molecule has 0 unspecified atom stereocenters. The summed E-state index contributed by atoms with van der Waals surface area (Å²) in [5.74, 6) is -0.254. The number of hydrogen-bond donors (Lipinski definition) is 1. The van der Waals surface area contributed by atoms with Crippen LogP contribution in [0, 0.1) is 5.92 Å². The van der Waals surface area contributed by atoms with Crippen molar-refractivity contribution in [1.29, 1.82) is 0 Å². The molecular weight excluding hydrogens is 518 g/mol. The molecule has 0 saturated carbocycles. The second-order valence-corrected chi connectivity index (χ2v) is 9.75. The van der Waals surface area contributed by atoms with Crippen LogP contribution in [-0.4, -0.2) is 22.1 Å². The van der Waals surface area contributed by atoms with Gasteiger partial charge >= 0.3 is 5.97 Å². The number of ether oxygens (including phenoxy) is 1. The maximum absolute atomic E-state index is 12.3. The molecule has 1 aromatic carbocycles. The Bertz CT molecular complexity index is 1160. The molecule has 0 aliphatic rings. The third kappa shape index (κ3) is 6.50. The van der Waals surface area contributed by atoms with Gasteiger partial charge in [-0.3, -0.25) is 9.59 Å². The van der Waals surface area contributed by atoms with E-state index in [1.165, 1.54) is 29.2 Å². The van der Waals surface area contributed by atoms with Gasteiger partial charge in [0.2, 0.25) is 22.2 Å². The second kappa shape index (κ2) is 11.4. The number of amides is 1. The number of halogens is 1. The van der Waals surface area contributed by atoms with Gasteiger partial charge in [0.05, 0.1) is 11.3 Å². The van der Waals surface area contributed by atoms with E-state index >= 15 is 0 Å². The maximum Gasteiger partial charge on any atom is 0.343 e. The van der Waals surface area contributed by atoms with Crippen LogP contribution in [0.2, 0.25) is 0 Å². The number of carbonyl (C=O) groups is 2. The van der Waals surface area contributed by atoms with Crippen molar-refractivity contribution in [2.45, 2.75) is 36.8 Å². The summed E-state index contributed by atoms with van der Waals surface area (Å²) in [5.41, 5.74) is -0.160. The fraction of sp³-hybridized carbons (Fsp3) is 0.286. The zero-order valence-corrected chi connectivity index (χ0v) is 20.5. The van der Waals surface area contributed by atoms with Gasteiger partial charge in [-0.1, -0.05) is 58.9 Å². The van der Waals surface area contributed by atoms with Crippen molar-refractivity contribution in [3.63, 3.8) is 0 Å². The van der Waals surface area contributed by atoms with Gasteiger partial charge in [-0.2, -0.15) is 0 Å². The van der Waals surface area contributed by atoms with Crippen LogP contribution in [0.25, 0.3) is 0 Å².